The van der Waals surface area contributed by atoms with Crippen molar-refractivity contribution in [3.8, 4) is 0 Å². The summed E-state index contributed by atoms with van der Waals surface area (Å²) >= 11 is 0. The molecule has 4 rings (SSSR count). The lowest BCUT2D eigenvalue weighted by Crippen LogP contribution is -2.44. The molecular weight excluding hydrogens is 310 g/mol. The summed E-state index contributed by atoms with van der Waals surface area (Å²) < 4.78 is 2.00. The molecule has 1 aromatic heterocycles. The van der Waals surface area contributed by atoms with Gasteiger partial charge in [0, 0.05) is 13.1 Å². The standard InChI is InChI=1S/C20H29N5/c1-3-8-18(9-4-1)10-15-25-19(21-22-23-25)16-24-14-7-13-20(17-24)11-5-2-6-12-20/h1,3-4,8-9H,2,5-7,10-17H2. The minimum atomic E-state index is 0.582. The molecule has 1 spiro atoms. The van der Waals surface area contributed by atoms with Crippen molar-refractivity contribution < 1.29 is 0 Å². The molecule has 1 aliphatic carbocycles. The van der Waals surface area contributed by atoms with Gasteiger partial charge in [-0.05, 0) is 60.1 Å². The zero-order chi connectivity index (χ0) is 17.0. The number of piperidine rings is 1. The quantitative estimate of drug-likeness (QED) is 0.837. The molecule has 0 unspecified atom stereocenters. The second kappa shape index (κ2) is 7.65. The van der Waals surface area contributed by atoms with Gasteiger partial charge in [0.15, 0.2) is 5.82 Å². The first-order valence-corrected chi connectivity index (χ1v) is 9.84. The SMILES string of the molecule is c1ccc(CCn2nnnc2CN2CCCC3(CCCCC3)C2)cc1. The van der Waals surface area contributed by atoms with Crippen LogP contribution in [0.1, 0.15) is 56.3 Å². The van der Waals surface area contributed by atoms with Crippen molar-refractivity contribution in [2.45, 2.75) is 64.5 Å². The van der Waals surface area contributed by atoms with Crippen LogP contribution in [-0.4, -0.2) is 38.2 Å². The monoisotopic (exact) mass is 339 g/mol. The van der Waals surface area contributed by atoms with Gasteiger partial charge in [-0.3, -0.25) is 4.90 Å². The molecule has 5 nitrogen and oxygen atoms in total. The molecule has 2 heterocycles. The number of aromatic nitrogens is 4. The molecule has 2 fully saturated rings. The third kappa shape index (κ3) is 4.09. The molecule has 5 heteroatoms. The van der Waals surface area contributed by atoms with Crippen molar-refractivity contribution in [3.05, 3.63) is 41.7 Å². The molecule has 1 aromatic carbocycles. The molecule has 0 radical (unpaired) electrons. The predicted molar refractivity (Wildman–Crippen MR) is 98.0 cm³/mol. The van der Waals surface area contributed by atoms with Gasteiger partial charge >= 0.3 is 0 Å². The molecule has 0 atom stereocenters. The lowest BCUT2D eigenvalue weighted by atomic mass is 9.69. The van der Waals surface area contributed by atoms with Crippen LogP contribution in [0, 0.1) is 5.41 Å². The van der Waals surface area contributed by atoms with E-state index in [9.17, 15) is 0 Å². The summed E-state index contributed by atoms with van der Waals surface area (Å²) in [5, 5.41) is 12.5. The van der Waals surface area contributed by atoms with Gasteiger partial charge in [-0.15, -0.1) is 5.10 Å². The van der Waals surface area contributed by atoms with Crippen molar-refractivity contribution in [1.29, 1.82) is 0 Å². The molecule has 0 bridgehead atoms. The highest BCUT2D eigenvalue weighted by Gasteiger charge is 2.36. The second-order valence-corrected chi connectivity index (χ2v) is 7.93. The highest BCUT2D eigenvalue weighted by molar-refractivity contribution is 5.14. The predicted octanol–water partition coefficient (Wildman–Crippen LogP) is 3.46. The summed E-state index contributed by atoms with van der Waals surface area (Å²) in [5.74, 6) is 1.02. The Balaban J connectivity index is 1.37. The zero-order valence-corrected chi connectivity index (χ0v) is 15.1. The second-order valence-electron chi connectivity index (χ2n) is 7.93. The molecular formula is C20H29N5. The minimum Gasteiger partial charge on any atom is -0.295 e. The van der Waals surface area contributed by atoms with Crippen molar-refractivity contribution >= 4 is 0 Å². The Hall–Kier alpha value is -1.75. The Labute approximate surface area is 150 Å². The molecule has 25 heavy (non-hydrogen) atoms. The number of tetrazole rings is 1. The lowest BCUT2D eigenvalue weighted by molar-refractivity contribution is 0.0472. The van der Waals surface area contributed by atoms with Crippen LogP contribution >= 0.6 is 0 Å². The number of benzene rings is 1. The van der Waals surface area contributed by atoms with Gasteiger partial charge in [0.05, 0.1) is 6.54 Å². The summed E-state index contributed by atoms with van der Waals surface area (Å²) in [6.07, 6.45) is 10.8. The molecule has 1 aliphatic heterocycles. The van der Waals surface area contributed by atoms with E-state index in [4.69, 9.17) is 0 Å². The maximum absolute atomic E-state index is 4.32. The van der Waals surface area contributed by atoms with E-state index >= 15 is 0 Å². The molecule has 2 aromatic rings. The number of rotatable bonds is 5. The summed E-state index contributed by atoms with van der Waals surface area (Å²) in [6, 6.07) is 10.6. The molecule has 0 amide bonds. The van der Waals surface area contributed by atoms with E-state index in [0.29, 0.717) is 5.41 Å². The fourth-order valence-electron chi connectivity index (χ4n) is 4.74. The summed E-state index contributed by atoms with van der Waals surface area (Å²) in [4.78, 5) is 2.60. The van der Waals surface area contributed by atoms with Gasteiger partial charge in [-0.1, -0.05) is 49.6 Å². The maximum Gasteiger partial charge on any atom is 0.165 e. The van der Waals surface area contributed by atoms with Gasteiger partial charge in [0.1, 0.15) is 0 Å². The maximum atomic E-state index is 4.32. The number of likely N-dealkylation sites (tertiary alicyclic amines) is 1. The van der Waals surface area contributed by atoms with Gasteiger partial charge in [-0.2, -0.15) is 0 Å². The van der Waals surface area contributed by atoms with Crippen molar-refractivity contribution in [3.63, 3.8) is 0 Å². The fourth-order valence-corrected chi connectivity index (χ4v) is 4.74. The average Bonchev–Trinajstić information content (AvgIpc) is 3.09. The van der Waals surface area contributed by atoms with E-state index in [-0.39, 0.29) is 0 Å². The summed E-state index contributed by atoms with van der Waals surface area (Å²) in [7, 11) is 0. The Bertz CT molecular complexity index is 654. The fraction of sp³-hybridized carbons (Fsp3) is 0.650. The molecule has 134 valence electrons. The third-order valence-corrected chi connectivity index (χ3v) is 6.08. The number of hydrogen-bond donors (Lipinski definition) is 0. The van der Waals surface area contributed by atoms with E-state index in [0.717, 1.165) is 25.3 Å². The zero-order valence-electron chi connectivity index (χ0n) is 15.1. The number of aryl methyl sites for hydroxylation is 2. The lowest BCUT2D eigenvalue weighted by Gasteiger charge is -2.45. The molecule has 0 N–H and O–H groups in total. The van der Waals surface area contributed by atoms with Crippen LogP contribution in [-0.2, 0) is 19.5 Å². The van der Waals surface area contributed by atoms with E-state index in [2.05, 4.69) is 50.8 Å². The van der Waals surface area contributed by atoms with Crippen LogP contribution < -0.4 is 0 Å². The van der Waals surface area contributed by atoms with Crippen molar-refractivity contribution in [2.75, 3.05) is 13.1 Å². The largest absolute Gasteiger partial charge is 0.295 e. The average molecular weight is 339 g/mol. The highest BCUT2D eigenvalue weighted by Crippen LogP contribution is 2.43. The summed E-state index contributed by atoms with van der Waals surface area (Å²) in [5.41, 5.74) is 1.92. The number of nitrogens with zero attached hydrogens (tertiary/aromatic N) is 5. The van der Waals surface area contributed by atoms with Crippen LogP contribution in [0.2, 0.25) is 0 Å². The highest BCUT2D eigenvalue weighted by atomic mass is 15.5. The van der Waals surface area contributed by atoms with Crippen LogP contribution in [0.5, 0.6) is 0 Å². The first kappa shape index (κ1) is 16.7. The first-order chi connectivity index (χ1) is 12.3. The van der Waals surface area contributed by atoms with E-state index in [1.165, 1.54) is 63.6 Å². The Morgan fingerprint density at radius 2 is 1.76 bits per heavy atom. The van der Waals surface area contributed by atoms with Gasteiger partial charge < -0.3 is 0 Å². The molecule has 1 saturated carbocycles. The molecule has 2 aliphatic rings. The normalized spacial score (nSPS) is 20.8. The van der Waals surface area contributed by atoms with E-state index < -0.39 is 0 Å². The first-order valence-electron chi connectivity index (χ1n) is 9.84. The smallest absolute Gasteiger partial charge is 0.165 e. The van der Waals surface area contributed by atoms with Crippen LogP contribution in [0.25, 0.3) is 0 Å². The van der Waals surface area contributed by atoms with Crippen LogP contribution in [0.15, 0.2) is 30.3 Å². The summed E-state index contributed by atoms with van der Waals surface area (Å²) in [6.45, 7) is 4.17. The Morgan fingerprint density at radius 3 is 2.60 bits per heavy atom. The van der Waals surface area contributed by atoms with E-state index in [1.807, 2.05) is 4.68 Å². The van der Waals surface area contributed by atoms with Crippen molar-refractivity contribution in [1.82, 2.24) is 25.1 Å². The minimum absolute atomic E-state index is 0.582. The Kier molecular flexibility index (Phi) is 5.11. The molecule has 1 saturated heterocycles. The third-order valence-electron chi connectivity index (χ3n) is 6.08. The van der Waals surface area contributed by atoms with Crippen LogP contribution in [0.3, 0.4) is 0 Å². The number of hydrogen-bond acceptors (Lipinski definition) is 4. The topological polar surface area (TPSA) is 46.8 Å². The van der Waals surface area contributed by atoms with Crippen molar-refractivity contribution in [2.24, 2.45) is 5.41 Å². The van der Waals surface area contributed by atoms with Crippen LogP contribution in [0.4, 0.5) is 0 Å². The van der Waals surface area contributed by atoms with E-state index in [1.54, 1.807) is 0 Å². The van der Waals surface area contributed by atoms with Gasteiger partial charge in [0.25, 0.3) is 0 Å². The van der Waals surface area contributed by atoms with Gasteiger partial charge in [0.2, 0.25) is 0 Å². The van der Waals surface area contributed by atoms with Gasteiger partial charge in [-0.25, -0.2) is 4.68 Å². The Morgan fingerprint density at radius 1 is 0.960 bits per heavy atom.